The second-order valence-electron chi connectivity index (χ2n) is 5.41. The van der Waals surface area contributed by atoms with E-state index in [1.807, 2.05) is 11.9 Å². The average Bonchev–Trinajstić information content (AvgIpc) is 2.68. The van der Waals surface area contributed by atoms with Crippen LogP contribution in [0, 0.1) is 5.92 Å². The van der Waals surface area contributed by atoms with E-state index in [9.17, 15) is 4.79 Å². The molecule has 0 saturated heterocycles. The molecule has 0 radical (unpaired) electrons. The van der Waals surface area contributed by atoms with Crippen LogP contribution in [0.1, 0.15) is 38.5 Å². The lowest BCUT2D eigenvalue weighted by atomic mass is 9.81. The highest BCUT2D eigenvalue weighted by Crippen LogP contribution is 2.26. The number of amides is 2. The molecule has 0 heterocycles. The van der Waals surface area contributed by atoms with Gasteiger partial charge in [-0.05, 0) is 31.6 Å². The van der Waals surface area contributed by atoms with E-state index in [2.05, 4.69) is 5.32 Å². The number of rotatable bonds is 3. The van der Waals surface area contributed by atoms with Crippen LogP contribution in [0.4, 0.5) is 4.79 Å². The Kier molecular flexibility index (Phi) is 3.69. The van der Waals surface area contributed by atoms with E-state index in [4.69, 9.17) is 5.73 Å². The first kappa shape index (κ1) is 11.7. The van der Waals surface area contributed by atoms with Crippen molar-refractivity contribution in [2.45, 2.75) is 50.6 Å². The highest BCUT2D eigenvalue weighted by molar-refractivity contribution is 5.74. The summed E-state index contributed by atoms with van der Waals surface area (Å²) in [5.74, 6) is 0.620. The first-order chi connectivity index (χ1) is 7.65. The van der Waals surface area contributed by atoms with Crippen LogP contribution in [0.25, 0.3) is 0 Å². The predicted octanol–water partition coefficient (Wildman–Crippen LogP) is 1.31. The lowest BCUT2D eigenvalue weighted by molar-refractivity contribution is 0.169. The summed E-state index contributed by atoms with van der Waals surface area (Å²) in [5, 5.41) is 3.10. The Morgan fingerprint density at radius 3 is 2.56 bits per heavy atom. The fraction of sp³-hybridized carbons (Fsp3) is 0.917. The smallest absolute Gasteiger partial charge is 0.317 e. The van der Waals surface area contributed by atoms with Crippen LogP contribution in [-0.4, -0.2) is 36.6 Å². The van der Waals surface area contributed by atoms with Gasteiger partial charge in [0.25, 0.3) is 0 Å². The number of hydrogen-bond acceptors (Lipinski definition) is 2. The van der Waals surface area contributed by atoms with Gasteiger partial charge >= 0.3 is 6.03 Å². The van der Waals surface area contributed by atoms with Crippen molar-refractivity contribution in [2.24, 2.45) is 11.7 Å². The van der Waals surface area contributed by atoms with Gasteiger partial charge in [0, 0.05) is 25.7 Å². The van der Waals surface area contributed by atoms with Gasteiger partial charge in [-0.2, -0.15) is 0 Å². The Morgan fingerprint density at radius 2 is 2.00 bits per heavy atom. The van der Waals surface area contributed by atoms with Crippen molar-refractivity contribution in [3.05, 3.63) is 0 Å². The average molecular weight is 225 g/mol. The SMILES string of the molecule is CN(CC1CC(N)C1)C(=O)NC1CCCC1. The quantitative estimate of drug-likeness (QED) is 0.761. The third kappa shape index (κ3) is 2.88. The normalized spacial score (nSPS) is 29.9. The Balaban J connectivity index is 1.67. The van der Waals surface area contributed by atoms with Crippen LogP contribution in [0.2, 0.25) is 0 Å². The molecule has 4 nitrogen and oxygen atoms in total. The molecule has 3 N–H and O–H groups in total. The molecule has 2 saturated carbocycles. The van der Waals surface area contributed by atoms with E-state index < -0.39 is 0 Å². The molecule has 2 aliphatic rings. The Hall–Kier alpha value is -0.770. The minimum Gasteiger partial charge on any atom is -0.335 e. The third-order valence-electron chi connectivity index (χ3n) is 3.83. The molecule has 0 aromatic rings. The number of hydrogen-bond donors (Lipinski definition) is 2. The number of carbonyl (C=O) groups excluding carboxylic acids is 1. The zero-order chi connectivity index (χ0) is 11.5. The maximum atomic E-state index is 11.8. The molecule has 0 unspecified atom stereocenters. The molecule has 0 aromatic carbocycles. The van der Waals surface area contributed by atoms with E-state index in [0.29, 0.717) is 18.0 Å². The lowest BCUT2D eigenvalue weighted by Gasteiger charge is -2.35. The van der Waals surface area contributed by atoms with Gasteiger partial charge in [0.1, 0.15) is 0 Å². The second kappa shape index (κ2) is 5.04. The number of urea groups is 1. The van der Waals surface area contributed by atoms with Crippen LogP contribution in [0.3, 0.4) is 0 Å². The lowest BCUT2D eigenvalue weighted by Crippen LogP contribution is -2.47. The number of nitrogens with one attached hydrogen (secondary N) is 1. The van der Waals surface area contributed by atoms with Crippen LogP contribution in [0.15, 0.2) is 0 Å². The standard InChI is InChI=1S/C12H23N3O/c1-15(8-9-6-10(13)7-9)12(16)14-11-4-2-3-5-11/h9-11H,2-8,13H2,1H3,(H,14,16). The first-order valence-corrected chi connectivity index (χ1v) is 6.42. The molecule has 0 atom stereocenters. The van der Waals surface area contributed by atoms with Crippen LogP contribution in [0.5, 0.6) is 0 Å². The number of nitrogens with zero attached hydrogens (tertiary/aromatic N) is 1. The number of nitrogens with two attached hydrogens (primary N) is 1. The van der Waals surface area contributed by atoms with E-state index >= 15 is 0 Å². The molecule has 92 valence electrons. The summed E-state index contributed by atoms with van der Waals surface area (Å²) >= 11 is 0. The molecule has 0 bridgehead atoms. The Bertz CT molecular complexity index is 245. The Labute approximate surface area is 97.6 Å². The van der Waals surface area contributed by atoms with Crippen molar-refractivity contribution < 1.29 is 4.79 Å². The van der Waals surface area contributed by atoms with E-state index in [1.165, 1.54) is 12.8 Å². The summed E-state index contributed by atoms with van der Waals surface area (Å²) < 4.78 is 0. The van der Waals surface area contributed by atoms with Gasteiger partial charge in [-0.25, -0.2) is 4.79 Å². The zero-order valence-electron chi connectivity index (χ0n) is 10.1. The van der Waals surface area contributed by atoms with Crippen molar-refractivity contribution in [1.82, 2.24) is 10.2 Å². The molecular weight excluding hydrogens is 202 g/mol. The maximum absolute atomic E-state index is 11.8. The fourth-order valence-electron chi connectivity index (χ4n) is 2.76. The Morgan fingerprint density at radius 1 is 1.38 bits per heavy atom. The van der Waals surface area contributed by atoms with Gasteiger partial charge in [-0.1, -0.05) is 12.8 Å². The van der Waals surface area contributed by atoms with Gasteiger partial charge in [0.15, 0.2) is 0 Å². The van der Waals surface area contributed by atoms with Crippen molar-refractivity contribution in [3.8, 4) is 0 Å². The van der Waals surface area contributed by atoms with Crippen molar-refractivity contribution in [2.75, 3.05) is 13.6 Å². The number of carbonyl (C=O) groups is 1. The monoisotopic (exact) mass is 225 g/mol. The topological polar surface area (TPSA) is 58.4 Å². The summed E-state index contributed by atoms with van der Waals surface area (Å²) in [6, 6.07) is 0.877. The molecular formula is C12H23N3O. The molecule has 16 heavy (non-hydrogen) atoms. The summed E-state index contributed by atoms with van der Waals surface area (Å²) in [4.78, 5) is 13.7. The highest BCUT2D eigenvalue weighted by Gasteiger charge is 2.28. The van der Waals surface area contributed by atoms with Gasteiger partial charge in [0.2, 0.25) is 0 Å². The molecule has 2 fully saturated rings. The van der Waals surface area contributed by atoms with Gasteiger partial charge in [0.05, 0.1) is 0 Å². The molecule has 2 aliphatic carbocycles. The highest BCUT2D eigenvalue weighted by atomic mass is 16.2. The van der Waals surface area contributed by atoms with E-state index in [-0.39, 0.29) is 6.03 Å². The minimum atomic E-state index is 0.0902. The molecule has 0 aliphatic heterocycles. The maximum Gasteiger partial charge on any atom is 0.317 e. The molecule has 2 amide bonds. The van der Waals surface area contributed by atoms with Crippen molar-refractivity contribution >= 4 is 6.03 Å². The van der Waals surface area contributed by atoms with E-state index in [1.54, 1.807) is 0 Å². The fourth-order valence-corrected chi connectivity index (χ4v) is 2.76. The molecule has 0 aromatic heterocycles. The van der Waals surface area contributed by atoms with Crippen LogP contribution in [-0.2, 0) is 0 Å². The van der Waals surface area contributed by atoms with Crippen molar-refractivity contribution in [1.29, 1.82) is 0 Å². The summed E-state index contributed by atoms with van der Waals surface area (Å²) in [6.07, 6.45) is 6.95. The third-order valence-corrected chi connectivity index (χ3v) is 3.83. The van der Waals surface area contributed by atoms with Gasteiger partial charge in [-0.15, -0.1) is 0 Å². The zero-order valence-corrected chi connectivity index (χ0v) is 10.1. The van der Waals surface area contributed by atoms with Gasteiger partial charge in [-0.3, -0.25) is 0 Å². The second-order valence-corrected chi connectivity index (χ2v) is 5.41. The van der Waals surface area contributed by atoms with E-state index in [0.717, 1.165) is 32.2 Å². The van der Waals surface area contributed by atoms with Gasteiger partial charge < -0.3 is 16.0 Å². The van der Waals surface area contributed by atoms with Crippen LogP contribution < -0.4 is 11.1 Å². The summed E-state index contributed by atoms with van der Waals surface area (Å²) in [7, 11) is 1.88. The minimum absolute atomic E-state index is 0.0902. The molecule has 4 heteroatoms. The summed E-state index contributed by atoms with van der Waals surface area (Å²) in [5.41, 5.74) is 5.73. The van der Waals surface area contributed by atoms with Crippen LogP contribution >= 0.6 is 0 Å². The molecule has 2 rings (SSSR count). The molecule has 0 spiro atoms. The summed E-state index contributed by atoms with van der Waals surface area (Å²) in [6.45, 7) is 0.853. The largest absolute Gasteiger partial charge is 0.335 e. The first-order valence-electron chi connectivity index (χ1n) is 6.42. The predicted molar refractivity (Wildman–Crippen MR) is 64.1 cm³/mol. The van der Waals surface area contributed by atoms with Crippen molar-refractivity contribution in [3.63, 3.8) is 0 Å².